The summed E-state index contributed by atoms with van der Waals surface area (Å²) in [6, 6.07) is 11.7. The summed E-state index contributed by atoms with van der Waals surface area (Å²) in [5.41, 5.74) is 0. The van der Waals surface area contributed by atoms with Crippen LogP contribution >= 0.6 is 11.3 Å². The second-order valence-corrected chi connectivity index (χ2v) is 6.63. The number of likely N-dealkylation sites (N-methyl/N-ethyl adjacent to an activating group) is 1. The van der Waals surface area contributed by atoms with Crippen LogP contribution in [-0.4, -0.2) is 41.3 Å². The molecule has 2 aromatic heterocycles. The summed E-state index contributed by atoms with van der Waals surface area (Å²) in [5.74, 6) is 2.83. The van der Waals surface area contributed by atoms with Gasteiger partial charge in [0.25, 0.3) is 0 Å². The lowest BCUT2D eigenvalue weighted by Gasteiger charge is -2.29. The second kappa shape index (κ2) is 6.62. The van der Waals surface area contributed by atoms with Crippen molar-refractivity contribution in [2.24, 2.45) is 0 Å². The predicted molar refractivity (Wildman–Crippen MR) is 90.3 cm³/mol. The fourth-order valence-electron chi connectivity index (χ4n) is 2.62. The van der Waals surface area contributed by atoms with Crippen LogP contribution in [0.5, 0.6) is 11.5 Å². The summed E-state index contributed by atoms with van der Waals surface area (Å²) in [6.45, 7) is 1.82. The lowest BCUT2D eigenvalue weighted by molar-refractivity contribution is 0.0613. The Morgan fingerprint density at radius 2 is 2.08 bits per heavy atom. The maximum absolute atomic E-state index is 5.97. The minimum absolute atomic E-state index is 0.0235. The number of fused-ring (bicyclic) bond motifs is 1. The van der Waals surface area contributed by atoms with E-state index in [1.807, 2.05) is 48.8 Å². The molecule has 0 radical (unpaired) electrons. The number of para-hydroxylation sites is 2. The first-order valence-corrected chi connectivity index (χ1v) is 8.59. The van der Waals surface area contributed by atoms with Crippen molar-refractivity contribution in [3.63, 3.8) is 0 Å². The molecule has 24 heavy (non-hydrogen) atoms. The summed E-state index contributed by atoms with van der Waals surface area (Å²) < 4.78 is 17.0. The Labute approximate surface area is 143 Å². The Morgan fingerprint density at radius 3 is 2.92 bits per heavy atom. The smallest absolute Gasteiger partial charge is 0.241 e. The molecule has 1 aromatic carbocycles. The molecule has 3 heterocycles. The highest BCUT2D eigenvalue weighted by Gasteiger charge is 2.22. The van der Waals surface area contributed by atoms with Crippen molar-refractivity contribution in [3.05, 3.63) is 47.7 Å². The molecule has 0 aliphatic carbocycles. The largest absolute Gasteiger partial charge is 0.486 e. The quantitative estimate of drug-likeness (QED) is 0.709. The van der Waals surface area contributed by atoms with E-state index in [1.54, 1.807) is 11.3 Å². The van der Waals surface area contributed by atoms with E-state index in [-0.39, 0.29) is 6.10 Å². The molecule has 124 valence electrons. The van der Waals surface area contributed by atoms with E-state index in [0.29, 0.717) is 31.4 Å². The number of nitrogens with zero attached hydrogens (tertiary/aromatic N) is 3. The summed E-state index contributed by atoms with van der Waals surface area (Å²) in [6.07, 6.45) is -0.0235. The molecule has 1 aliphatic rings. The zero-order valence-electron chi connectivity index (χ0n) is 13.2. The number of thiophene rings is 1. The lowest BCUT2D eigenvalue weighted by atomic mass is 10.2. The minimum Gasteiger partial charge on any atom is -0.486 e. The third-order valence-corrected chi connectivity index (χ3v) is 4.56. The van der Waals surface area contributed by atoms with E-state index in [2.05, 4.69) is 15.0 Å². The molecule has 0 spiro atoms. The maximum atomic E-state index is 5.97. The first kappa shape index (κ1) is 15.2. The van der Waals surface area contributed by atoms with Crippen LogP contribution in [-0.2, 0) is 6.54 Å². The van der Waals surface area contributed by atoms with E-state index in [1.165, 1.54) is 0 Å². The van der Waals surface area contributed by atoms with E-state index >= 15 is 0 Å². The Hall–Kier alpha value is -2.38. The van der Waals surface area contributed by atoms with Gasteiger partial charge in [0.05, 0.1) is 11.4 Å². The van der Waals surface area contributed by atoms with E-state index < -0.39 is 0 Å². The van der Waals surface area contributed by atoms with Gasteiger partial charge < -0.3 is 14.0 Å². The van der Waals surface area contributed by atoms with Gasteiger partial charge in [-0.3, -0.25) is 4.90 Å². The topological polar surface area (TPSA) is 60.6 Å². The van der Waals surface area contributed by atoms with Gasteiger partial charge in [-0.05, 0) is 30.6 Å². The van der Waals surface area contributed by atoms with Gasteiger partial charge in [-0.2, -0.15) is 4.98 Å². The van der Waals surface area contributed by atoms with Crippen molar-refractivity contribution in [1.29, 1.82) is 0 Å². The summed E-state index contributed by atoms with van der Waals surface area (Å²) in [5, 5.41) is 6.03. The molecular formula is C17H17N3O3S. The van der Waals surface area contributed by atoms with Gasteiger partial charge in [0.15, 0.2) is 11.5 Å². The van der Waals surface area contributed by atoms with Crippen LogP contribution in [0.25, 0.3) is 10.7 Å². The Bertz CT molecular complexity index is 803. The first-order chi connectivity index (χ1) is 11.8. The van der Waals surface area contributed by atoms with Crippen molar-refractivity contribution < 1.29 is 14.0 Å². The molecule has 7 heteroatoms. The van der Waals surface area contributed by atoms with Gasteiger partial charge in [-0.25, -0.2) is 0 Å². The molecule has 3 aromatic rings. The number of ether oxygens (including phenoxy) is 2. The molecule has 6 nitrogen and oxygen atoms in total. The highest BCUT2D eigenvalue weighted by atomic mass is 32.1. The van der Waals surface area contributed by atoms with Gasteiger partial charge in [0.2, 0.25) is 11.7 Å². The average Bonchev–Trinajstić information content (AvgIpc) is 3.26. The fraction of sp³-hybridized carbons (Fsp3) is 0.294. The molecule has 0 saturated heterocycles. The molecule has 1 atom stereocenters. The molecule has 0 amide bonds. The third-order valence-electron chi connectivity index (χ3n) is 3.70. The Kier molecular flexibility index (Phi) is 4.18. The maximum Gasteiger partial charge on any atom is 0.241 e. The lowest BCUT2D eigenvalue weighted by Crippen LogP contribution is -2.39. The highest BCUT2D eigenvalue weighted by molar-refractivity contribution is 7.13. The van der Waals surface area contributed by atoms with Crippen LogP contribution in [0, 0.1) is 0 Å². The number of benzene rings is 1. The normalized spacial score (nSPS) is 16.5. The number of hydrogen-bond acceptors (Lipinski definition) is 7. The average molecular weight is 343 g/mol. The van der Waals surface area contributed by atoms with Gasteiger partial charge >= 0.3 is 0 Å². The van der Waals surface area contributed by atoms with Gasteiger partial charge in [0, 0.05) is 6.54 Å². The van der Waals surface area contributed by atoms with Crippen LogP contribution in [0.1, 0.15) is 5.89 Å². The highest BCUT2D eigenvalue weighted by Crippen LogP contribution is 2.31. The van der Waals surface area contributed by atoms with Crippen LogP contribution in [0.15, 0.2) is 46.3 Å². The Morgan fingerprint density at radius 1 is 1.21 bits per heavy atom. The molecule has 0 fully saturated rings. The van der Waals surface area contributed by atoms with Crippen molar-refractivity contribution in [2.75, 3.05) is 20.2 Å². The molecule has 4 rings (SSSR count). The second-order valence-electron chi connectivity index (χ2n) is 5.68. The van der Waals surface area contributed by atoms with Gasteiger partial charge in [0.1, 0.15) is 12.7 Å². The molecule has 1 aliphatic heterocycles. The summed E-state index contributed by atoms with van der Waals surface area (Å²) in [4.78, 5) is 7.54. The van der Waals surface area contributed by atoms with Gasteiger partial charge in [-0.1, -0.05) is 23.4 Å². The third kappa shape index (κ3) is 3.27. The van der Waals surface area contributed by atoms with Crippen molar-refractivity contribution in [1.82, 2.24) is 15.0 Å². The zero-order valence-corrected chi connectivity index (χ0v) is 14.0. The minimum atomic E-state index is -0.0235. The molecule has 0 saturated carbocycles. The monoisotopic (exact) mass is 343 g/mol. The fourth-order valence-corrected chi connectivity index (χ4v) is 3.27. The Balaban J connectivity index is 1.35. The van der Waals surface area contributed by atoms with Gasteiger partial charge in [-0.15, -0.1) is 11.3 Å². The van der Waals surface area contributed by atoms with Crippen molar-refractivity contribution in [2.45, 2.75) is 12.6 Å². The zero-order chi connectivity index (χ0) is 16.4. The molecule has 0 N–H and O–H groups in total. The SMILES string of the molecule is CN(Cc1nc(-c2cccs2)no1)C[C@@H]1COc2ccccc2O1. The van der Waals surface area contributed by atoms with Crippen LogP contribution in [0.4, 0.5) is 0 Å². The first-order valence-electron chi connectivity index (χ1n) is 7.71. The van der Waals surface area contributed by atoms with Crippen molar-refractivity contribution in [3.8, 4) is 22.2 Å². The van der Waals surface area contributed by atoms with Crippen LogP contribution < -0.4 is 9.47 Å². The molecular weight excluding hydrogens is 326 g/mol. The predicted octanol–water partition coefficient (Wildman–Crippen LogP) is 3.07. The van der Waals surface area contributed by atoms with E-state index in [4.69, 9.17) is 14.0 Å². The van der Waals surface area contributed by atoms with Crippen LogP contribution in [0.2, 0.25) is 0 Å². The van der Waals surface area contributed by atoms with Crippen molar-refractivity contribution >= 4 is 11.3 Å². The molecule has 0 bridgehead atoms. The summed E-state index contributed by atoms with van der Waals surface area (Å²) >= 11 is 1.60. The van der Waals surface area contributed by atoms with E-state index in [0.717, 1.165) is 16.4 Å². The number of aromatic nitrogens is 2. The van der Waals surface area contributed by atoms with E-state index in [9.17, 15) is 0 Å². The number of hydrogen-bond donors (Lipinski definition) is 0. The summed E-state index contributed by atoms with van der Waals surface area (Å²) in [7, 11) is 2.00. The van der Waals surface area contributed by atoms with Crippen LogP contribution in [0.3, 0.4) is 0 Å². The number of rotatable bonds is 5. The standard InChI is InChI=1S/C17H17N3O3S/c1-20(9-12-11-21-13-5-2-3-6-14(13)22-12)10-16-18-17(19-23-16)15-7-4-8-24-15/h2-8,12H,9-11H2,1H3/t12-/m1/s1. The molecule has 0 unspecified atom stereocenters.